The summed E-state index contributed by atoms with van der Waals surface area (Å²) in [5.74, 6) is -1.02. The van der Waals surface area contributed by atoms with Crippen molar-refractivity contribution in [1.29, 1.82) is 0 Å². The summed E-state index contributed by atoms with van der Waals surface area (Å²) < 4.78 is 0. The first-order valence-electron chi connectivity index (χ1n) is 5.97. The van der Waals surface area contributed by atoms with Gasteiger partial charge in [0.05, 0.1) is 5.92 Å². The van der Waals surface area contributed by atoms with E-state index in [0.29, 0.717) is 6.54 Å². The van der Waals surface area contributed by atoms with Crippen molar-refractivity contribution in [3.05, 3.63) is 0 Å². The third-order valence-corrected chi connectivity index (χ3v) is 3.25. The van der Waals surface area contributed by atoms with Crippen molar-refractivity contribution < 1.29 is 14.7 Å². The summed E-state index contributed by atoms with van der Waals surface area (Å²) in [7, 11) is 0. The zero-order valence-corrected chi connectivity index (χ0v) is 10.9. The fourth-order valence-corrected chi connectivity index (χ4v) is 2.06. The zero-order chi connectivity index (χ0) is 13.2. The molecule has 98 valence electrons. The standard InChI is InChI=1S/C12H22N2O3/c1-7-5-13-6-8(7)10(15)14-9(11(16)17)12(2,3)4/h7-9,13H,5-6H2,1-4H3,(H,14,15)(H,16,17)/t7?,8?,9-/m1/s1. The largest absolute Gasteiger partial charge is 0.480 e. The summed E-state index contributed by atoms with van der Waals surface area (Å²) in [5.41, 5.74) is -0.489. The Bertz CT molecular complexity index is 309. The third-order valence-electron chi connectivity index (χ3n) is 3.25. The van der Waals surface area contributed by atoms with E-state index >= 15 is 0 Å². The smallest absolute Gasteiger partial charge is 0.326 e. The highest BCUT2D eigenvalue weighted by molar-refractivity contribution is 5.86. The van der Waals surface area contributed by atoms with Crippen molar-refractivity contribution in [2.24, 2.45) is 17.3 Å². The predicted octanol–water partition coefficient (Wildman–Crippen LogP) is 0.457. The van der Waals surface area contributed by atoms with Crippen LogP contribution in [-0.4, -0.2) is 36.1 Å². The second-order valence-corrected chi connectivity index (χ2v) is 5.89. The molecule has 0 radical (unpaired) electrons. The van der Waals surface area contributed by atoms with Crippen LogP contribution in [0.25, 0.3) is 0 Å². The van der Waals surface area contributed by atoms with Crippen LogP contribution in [0.2, 0.25) is 0 Å². The van der Waals surface area contributed by atoms with Crippen molar-refractivity contribution in [3.8, 4) is 0 Å². The van der Waals surface area contributed by atoms with Crippen molar-refractivity contribution in [2.75, 3.05) is 13.1 Å². The van der Waals surface area contributed by atoms with Crippen molar-refractivity contribution in [2.45, 2.75) is 33.7 Å². The lowest BCUT2D eigenvalue weighted by molar-refractivity contribution is -0.145. The summed E-state index contributed by atoms with van der Waals surface area (Å²) in [4.78, 5) is 23.2. The highest BCUT2D eigenvalue weighted by atomic mass is 16.4. The Kier molecular flexibility index (Phi) is 4.14. The molecule has 3 N–H and O–H groups in total. The number of amides is 1. The van der Waals surface area contributed by atoms with E-state index in [2.05, 4.69) is 10.6 Å². The van der Waals surface area contributed by atoms with Crippen LogP contribution in [-0.2, 0) is 9.59 Å². The minimum absolute atomic E-state index is 0.126. The van der Waals surface area contributed by atoms with E-state index in [1.165, 1.54) is 0 Å². The second kappa shape index (κ2) is 5.04. The highest BCUT2D eigenvalue weighted by Gasteiger charge is 2.36. The van der Waals surface area contributed by atoms with Gasteiger partial charge in [0.1, 0.15) is 6.04 Å². The topological polar surface area (TPSA) is 78.4 Å². The van der Waals surface area contributed by atoms with Crippen LogP contribution < -0.4 is 10.6 Å². The number of carboxylic acid groups (broad SMARTS) is 1. The molecule has 5 heteroatoms. The summed E-state index contributed by atoms with van der Waals surface area (Å²) in [6.07, 6.45) is 0. The molecule has 1 fully saturated rings. The fourth-order valence-electron chi connectivity index (χ4n) is 2.06. The lowest BCUT2D eigenvalue weighted by atomic mass is 9.86. The van der Waals surface area contributed by atoms with E-state index in [9.17, 15) is 9.59 Å². The predicted molar refractivity (Wildman–Crippen MR) is 64.5 cm³/mol. The molecule has 1 heterocycles. The van der Waals surface area contributed by atoms with Crippen LogP contribution in [0.3, 0.4) is 0 Å². The zero-order valence-electron chi connectivity index (χ0n) is 10.9. The minimum Gasteiger partial charge on any atom is -0.480 e. The van der Waals surface area contributed by atoms with Gasteiger partial charge in [0.25, 0.3) is 0 Å². The van der Waals surface area contributed by atoms with E-state index < -0.39 is 17.4 Å². The average molecular weight is 242 g/mol. The molecule has 2 unspecified atom stereocenters. The number of hydrogen-bond acceptors (Lipinski definition) is 3. The average Bonchev–Trinajstić information content (AvgIpc) is 2.58. The van der Waals surface area contributed by atoms with Crippen LogP contribution in [0.5, 0.6) is 0 Å². The van der Waals surface area contributed by atoms with Gasteiger partial charge in [-0.1, -0.05) is 27.7 Å². The molecular formula is C12H22N2O3. The van der Waals surface area contributed by atoms with Crippen molar-refractivity contribution in [3.63, 3.8) is 0 Å². The number of carbonyl (C=O) groups excluding carboxylic acids is 1. The van der Waals surface area contributed by atoms with Crippen LogP contribution in [0.15, 0.2) is 0 Å². The maximum atomic E-state index is 12.0. The molecule has 1 saturated heterocycles. The first-order chi connectivity index (χ1) is 7.73. The number of aliphatic carboxylic acids is 1. The normalized spacial score (nSPS) is 26.6. The van der Waals surface area contributed by atoms with E-state index in [1.807, 2.05) is 27.7 Å². The van der Waals surface area contributed by atoms with Crippen LogP contribution >= 0.6 is 0 Å². The van der Waals surface area contributed by atoms with Crippen molar-refractivity contribution in [1.82, 2.24) is 10.6 Å². The van der Waals surface area contributed by atoms with E-state index in [4.69, 9.17) is 5.11 Å². The van der Waals surface area contributed by atoms with Crippen LogP contribution in [0.1, 0.15) is 27.7 Å². The first-order valence-corrected chi connectivity index (χ1v) is 5.97. The number of rotatable bonds is 3. The molecule has 0 aliphatic carbocycles. The van der Waals surface area contributed by atoms with Gasteiger partial charge in [-0.15, -0.1) is 0 Å². The molecule has 1 aliphatic rings. The highest BCUT2D eigenvalue weighted by Crippen LogP contribution is 2.22. The molecule has 0 aromatic carbocycles. The Morgan fingerprint density at radius 3 is 2.29 bits per heavy atom. The maximum Gasteiger partial charge on any atom is 0.326 e. The Hall–Kier alpha value is -1.10. The maximum absolute atomic E-state index is 12.0. The Labute approximate surface area is 102 Å². The Morgan fingerprint density at radius 2 is 1.94 bits per heavy atom. The van der Waals surface area contributed by atoms with Gasteiger partial charge >= 0.3 is 5.97 Å². The second-order valence-electron chi connectivity index (χ2n) is 5.89. The van der Waals surface area contributed by atoms with Gasteiger partial charge in [-0.05, 0) is 17.9 Å². The Morgan fingerprint density at radius 1 is 1.35 bits per heavy atom. The lowest BCUT2D eigenvalue weighted by Gasteiger charge is -2.29. The SMILES string of the molecule is CC1CNCC1C(=O)N[C@H](C(=O)O)C(C)(C)C. The molecule has 0 aromatic heterocycles. The van der Waals surface area contributed by atoms with Gasteiger partial charge < -0.3 is 15.7 Å². The van der Waals surface area contributed by atoms with Crippen LogP contribution in [0, 0.1) is 17.3 Å². The van der Waals surface area contributed by atoms with E-state index in [1.54, 1.807) is 0 Å². The van der Waals surface area contributed by atoms with Crippen molar-refractivity contribution >= 4 is 11.9 Å². The minimum atomic E-state index is -0.982. The quantitative estimate of drug-likeness (QED) is 0.671. The van der Waals surface area contributed by atoms with Gasteiger partial charge in [-0.3, -0.25) is 4.79 Å². The summed E-state index contributed by atoms with van der Waals surface area (Å²) in [6, 6.07) is -0.845. The molecular weight excluding hydrogens is 220 g/mol. The van der Waals surface area contributed by atoms with E-state index in [0.717, 1.165) is 6.54 Å². The monoisotopic (exact) mass is 242 g/mol. The molecule has 0 spiro atoms. The van der Waals surface area contributed by atoms with Gasteiger partial charge in [0.2, 0.25) is 5.91 Å². The fraction of sp³-hybridized carbons (Fsp3) is 0.833. The lowest BCUT2D eigenvalue weighted by Crippen LogP contribution is -2.51. The van der Waals surface area contributed by atoms with Gasteiger partial charge in [0.15, 0.2) is 0 Å². The number of carboxylic acids is 1. The van der Waals surface area contributed by atoms with Gasteiger partial charge in [-0.2, -0.15) is 0 Å². The summed E-state index contributed by atoms with van der Waals surface area (Å²) in [5, 5.41) is 14.9. The molecule has 17 heavy (non-hydrogen) atoms. The Balaban J connectivity index is 2.68. The molecule has 0 saturated carbocycles. The summed E-state index contributed by atoms with van der Waals surface area (Å²) >= 11 is 0. The number of hydrogen-bond donors (Lipinski definition) is 3. The molecule has 0 aromatic rings. The molecule has 1 amide bonds. The summed E-state index contributed by atoms with van der Waals surface area (Å²) in [6.45, 7) is 8.86. The third kappa shape index (κ3) is 3.43. The molecule has 1 rings (SSSR count). The molecule has 3 atom stereocenters. The van der Waals surface area contributed by atoms with Gasteiger partial charge in [-0.25, -0.2) is 4.79 Å². The van der Waals surface area contributed by atoms with E-state index in [-0.39, 0.29) is 17.7 Å². The van der Waals surface area contributed by atoms with Crippen LogP contribution in [0.4, 0.5) is 0 Å². The molecule has 5 nitrogen and oxygen atoms in total. The first kappa shape index (κ1) is 14.0. The molecule has 0 bridgehead atoms. The molecule has 1 aliphatic heterocycles. The number of nitrogens with one attached hydrogen (secondary N) is 2. The van der Waals surface area contributed by atoms with Gasteiger partial charge in [0, 0.05) is 6.54 Å². The number of carbonyl (C=O) groups is 2.